The van der Waals surface area contributed by atoms with Crippen LogP contribution in [-0.2, 0) is 6.42 Å². The average Bonchev–Trinajstić information content (AvgIpc) is 3.23. The Hall–Kier alpha value is -1.90. The van der Waals surface area contributed by atoms with E-state index in [2.05, 4.69) is 43.1 Å². The molecule has 6 rings (SSSR count). The Morgan fingerprint density at radius 2 is 2.07 bits per heavy atom. The zero-order valence-electron chi connectivity index (χ0n) is 16.6. The van der Waals surface area contributed by atoms with E-state index >= 15 is 0 Å². The van der Waals surface area contributed by atoms with Gasteiger partial charge in [0.1, 0.15) is 5.52 Å². The molecule has 3 atom stereocenters. The minimum absolute atomic E-state index is 0.496. The van der Waals surface area contributed by atoms with E-state index in [1.54, 1.807) is 24.2 Å². The third-order valence-corrected chi connectivity index (χ3v) is 8.34. The quantitative estimate of drug-likeness (QED) is 0.550. The van der Waals surface area contributed by atoms with E-state index in [-0.39, 0.29) is 0 Å². The lowest BCUT2D eigenvalue weighted by Gasteiger charge is -2.31. The van der Waals surface area contributed by atoms with Crippen LogP contribution in [0.25, 0.3) is 15.6 Å². The molecule has 1 saturated carbocycles. The molecule has 3 aliphatic rings. The second kappa shape index (κ2) is 7.35. The molecule has 30 heavy (non-hydrogen) atoms. The van der Waals surface area contributed by atoms with Gasteiger partial charge < -0.3 is 5.32 Å². The minimum atomic E-state index is 0.496. The molecule has 152 valence electrons. The zero-order valence-corrected chi connectivity index (χ0v) is 19.0. The molecule has 1 saturated heterocycles. The van der Waals surface area contributed by atoms with Crippen molar-refractivity contribution in [1.82, 2.24) is 30.2 Å². The summed E-state index contributed by atoms with van der Waals surface area (Å²) in [6, 6.07) is 2.68. The molecule has 0 radical (unpaired) electrons. The first-order valence-electron chi connectivity index (χ1n) is 10.5. The monoisotopic (exact) mass is 480 g/mol. The molecule has 0 spiro atoms. The predicted molar refractivity (Wildman–Crippen MR) is 121 cm³/mol. The number of aromatic nitrogens is 5. The van der Waals surface area contributed by atoms with Gasteiger partial charge in [0.15, 0.2) is 10.8 Å². The summed E-state index contributed by atoms with van der Waals surface area (Å²) in [5.74, 6) is 1.30. The molecule has 0 amide bonds. The van der Waals surface area contributed by atoms with Crippen molar-refractivity contribution in [3.05, 3.63) is 47.2 Å². The van der Waals surface area contributed by atoms with Gasteiger partial charge in [-0.15, -0.1) is 0 Å². The summed E-state index contributed by atoms with van der Waals surface area (Å²) >= 11 is 5.44. The maximum absolute atomic E-state index is 5.11. The summed E-state index contributed by atoms with van der Waals surface area (Å²) < 4.78 is 1.22. The number of hydrogen-bond donors (Lipinski definition) is 1. The molecule has 3 aromatic heterocycles. The molecule has 2 fully saturated rings. The van der Waals surface area contributed by atoms with E-state index < -0.39 is 0 Å². The van der Waals surface area contributed by atoms with Crippen molar-refractivity contribution in [3.63, 3.8) is 0 Å². The molecular formula is C22H21BrN6S. The Bertz CT molecular complexity index is 1180. The molecule has 0 aromatic carbocycles. The van der Waals surface area contributed by atoms with Crippen LogP contribution in [0.3, 0.4) is 0 Å². The van der Waals surface area contributed by atoms with E-state index in [9.17, 15) is 0 Å². The lowest BCUT2D eigenvalue weighted by Crippen LogP contribution is -2.49. The molecule has 2 aliphatic carbocycles. The van der Waals surface area contributed by atoms with E-state index in [1.807, 2.05) is 12.3 Å². The van der Waals surface area contributed by atoms with Crippen molar-refractivity contribution in [2.24, 2.45) is 5.92 Å². The third-order valence-electron chi connectivity index (χ3n) is 6.56. The van der Waals surface area contributed by atoms with Crippen LogP contribution in [-0.4, -0.2) is 37.5 Å². The maximum atomic E-state index is 5.11. The minimum Gasteiger partial charge on any atom is -0.313 e. The normalized spacial score (nSPS) is 24.8. The topological polar surface area (TPSA) is 76.5 Å². The highest BCUT2D eigenvalue weighted by Crippen LogP contribution is 2.48. The van der Waals surface area contributed by atoms with E-state index in [0.717, 1.165) is 46.6 Å². The van der Waals surface area contributed by atoms with Crippen LogP contribution in [0.1, 0.15) is 49.1 Å². The molecule has 4 heterocycles. The number of pyridine rings is 1. The van der Waals surface area contributed by atoms with Crippen LogP contribution in [0.15, 0.2) is 40.3 Å². The van der Waals surface area contributed by atoms with Gasteiger partial charge in [-0.1, -0.05) is 22.9 Å². The Labute approximate surface area is 187 Å². The average molecular weight is 481 g/mol. The Balaban J connectivity index is 1.39. The first kappa shape index (κ1) is 18.8. The van der Waals surface area contributed by atoms with Crippen LogP contribution in [0, 0.1) is 5.92 Å². The first-order chi connectivity index (χ1) is 14.7. The highest BCUT2D eigenvalue weighted by molar-refractivity contribution is 9.15. The first-order valence-corrected chi connectivity index (χ1v) is 12.1. The fraction of sp³-hybridized carbons (Fsp3) is 0.409. The van der Waals surface area contributed by atoms with Crippen molar-refractivity contribution in [2.45, 2.75) is 54.6 Å². The van der Waals surface area contributed by atoms with Gasteiger partial charge in [0.25, 0.3) is 0 Å². The lowest BCUT2D eigenvalue weighted by atomic mass is 9.95. The largest absolute Gasteiger partial charge is 0.313 e. The zero-order chi connectivity index (χ0) is 20.2. The Morgan fingerprint density at radius 1 is 1.17 bits per heavy atom. The van der Waals surface area contributed by atoms with Gasteiger partial charge in [-0.2, -0.15) is 0 Å². The summed E-state index contributed by atoms with van der Waals surface area (Å²) in [5, 5.41) is 4.39. The summed E-state index contributed by atoms with van der Waals surface area (Å²) in [6.45, 7) is 3.36. The summed E-state index contributed by atoms with van der Waals surface area (Å²) in [4.78, 5) is 24.1. The number of hydrogen-bond acceptors (Lipinski definition) is 7. The fourth-order valence-electron chi connectivity index (χ4n) is 4.91. The van der Waals surface area contributed by atoms with Crippen LogP contribution in [0.2, 0.25) is 0 Å². The van der Waals surface area contributed by atoms with Crippen LogP contribution in [0.4, 0.5) is 0 Å². The number of halogens is 1. The summed E-state index contributed by atoms with van der Waals surface area (Å²) in [5.41, 5.74) is 6.51. The van der Waals surface area contributed by atoms with Gasteiger partial charge >= 0.3 is 0 Å². The fourth-order valence-corrected chi connectivity index (χ4v) is 6.55. The second-order valence-corrected chi connectivity index (χ2v) is 10.1. The third kappa shape index (κ3) is 3.08. The second-order valence-electron chi connectivity index (χ2n) is 8.28. The summed E-state index contributed by atoms with van der Waals surface area (Å²) in [7, 11) is 0. The predicted octanol–water partition coefficient (Wildman–Crippen LogP) is 4.50. The molecule has 3 aromatic rings. The summed E-state index contributed by atoms with van der Waals surface area (Å²) in [6.07, 6.45) is 9.53. The number of nitrogens with one attached hydrogen (secondary N) is 1. The van der Waals surface area contributed by atoms with Gasteiger partial charge in [0.05, 0.1) is 11.4 Å². The van der Waals surface area contributed by atoms with Gasteiger partial charge in [-0.3, -0.25) is 4.98 Å². The van der Waals surface area contributed by atoms with Crippen molar-refractivity contribution >= 4 is 43.3 Å². The van der Waals surface area contributed by atoms with Crippen molar-refractivity contribution < 1.29 is 0 Å². The van der Waals surface area contributed by atoms with E-state index in [1.165, 1.54) is 34.2 Å². The van der Waals surface area contributed by atoms with Gasteiger partial charge in [-0.25, -0.2) is 19.9 Å². The van der Waals surface area contributed by atoms with E-state index in [0.29, 0.717) is 17.6 Å². The van der Waals surface area contributed by atoms with Gasteiger partial charge in [0.2, 0.25) is 0 Å². The molecule has 3 unspecified atom stereocenters. The molecule has 6 nitrogen and oxygen atoms in total. The number of allylic oxidation sites excluding steroid dienone is 1. The Morgan fingerprint density at radius 3 is 2.83 bits per heavy atom. The molecule has 1 aliphatic heterocycles. The highest BCUT2D eigenvalue weighted by Gasteiger charge is 2.43. The molecule has 1 N–H and O–H groups in total. The van der Waals surface area contributed by atoms with Crippen molar-refractivity contribution in [1.29, 1.82) is 0 Å². The molecule has 0 bridgehead atoms. The highest BCUT2D eigenvalue weighted by atomic mass is 79.9. The van der Waals surface area contributed by atoms with Gasteiger partial charge in [-0.05, 0) is 55.1 Å². The SMILES string of the molecule is CCC1=C(Br)c2c(nc(Sc3cnc4nccnc4c3)nc2C2CC3CNC3C2)C1. The standard InChI is InChI=1S/C22H21BrN6S/c1-2-11-6-16-18(19(11)23)20(12-5-13-9-26-15(13)7-12)29-22(28-16)30-14-8-17-21(27-10-14)25-4-3-24-17/h3-4,8,10,12-13,15,26H,2,5-7,9H2,1H3. The maximum Gasteiger partial charge on any atom is 0.193 e. The Kier molecular flexibility index (Phi) is 4.62. The number of fused-ring (bicyclic) bond motifs is 3. The van der Waals surface area contributed by atoms with Crippen LogP contribution in [0.5, 0.6) is 0 Å². The van der Waals surface area contributed by atoms with E-state index in [4.69, 9.17) is 9.97 Å². The number of rotatable bonds is 4. The van der Waals surface area contributed by atoms with Crippen molar-refractivity contribution in [2.75, 3.05) is 6.54 Å². The van der Waals surface area contributed by atoms with Crippen LogP contribution >= 0.6 is 27.7 Å². The molecule has 8 heteroatoms. The smallest absolute Gasteiger partial charge is 0.193 e. The lowest BCUT2D eigenvalue weighted by molar-refractivity contribution is 0.274. The molecular weight excluding hydrogens is 460 g/mol. The van der Waals surface area contributed by atoms with Crippen LogP contribution < -0.4 is 5.32 Å². The van der Waals surface area contributed by atoms with Crippen molar-refractivity contribution in [3.8, 4) is 0 Å². The number of nitrogens with zero attached hydrogens (tertiary/aromatic N) is 5. The van der Waals surface area contributed by atoms with Gasteiger partial charge in [0, 0.05) is 51.9 Å².